The zero-order chi connectivity index (χ0) is 11.7. The highest BCUT2D eigenvalue weighted by molar-refractivity contribution is 5.84. The predicted octanol–water partition coefficient (Wildman–Crippen LogP) is -0.271. The Bertz CT molecular complexity index is 400. The summed E-state index contributed by atoms with van der Waals surface area (Å²) in [5.74, 6) is -0.305. The van der Waals surface area contributed by atoms with Crippen molar-refractivity contribution in [1.82, 2.24) is 5.06 Å². The number of rotatable bonds is 3. The van der Waals surface area contributed by atoms with Crippen molar-refractivity contribution in [3.63, 3.8) is 0 Å². The van der Waals surface area contributed by atoms with Gasteiger partial charge in [0, 0.05) is 6.42 Å². The Labute approximate surface area is 92.5 Å². The maximum atomic E-state index is 11.8. The average Bonchev–Trinajstić information content (AvgIpc) is 2.50. The van der Waals surface area contributed by atoms with E-state index in [1.165, 1.54) is 0 Å². The van der Waals surface area contributed by atoms with Gasteiger partial charge in [-0.15, -0.1) is 5.06 Å². The first-order valence-corrected chi connectivity index (χ1v) is 5.05. The third kappa shape index (κ3) is 1.67. The van der Waals surface area contributed by atoms with Crippen molar-refractivity contribution in [2.75, 3.05) is 0 Å². The normalized spacial score (nSPS) is 27.4. The quantitative estimate of drug-likeness (QED) is 0.508. The molecule has 0 saturated heterocycles. The number of nitrogens with zero attached hydrogens (tertiary/aromatic N) is 2. The van der Waals surface area contributed by atoms with Crippen molar-refractivity contribution in [2.24, 2.45) is 5.73 Å². The van der Waals surface area contributed by atoms with Crippen LogP contribution in [0.5, 0.6) is 0 Å². The second kappa shape index (κ2) is 3.97. The summed E-state index contributed by atoms with van der Waals surface area (Å²) in [6.45, 7) is 0. The van der Waals surface area contributed by atoms with E-state index in [2.05, 4.69) is 0 Å². The second-order valence-corrected chi connectivity index (χ2v) is 3.80. The van der Waals surface area contributed by atoms with Gasteiger partial charge in [-0.05, 0) is 12.2 Å². The van der Waals surface area contributed by atoms with Crippen LogP contribution in [-0.2, 0) is 4.79 Å². The molecule has 1 amide bonds. The molecule has 0 spiro atoms. The van der Waals surface area contributed by atoms with Gasteiger partial charge < -0.3 is 10.9 Å². The molecular formula is C10H13N3O3. The first-order chi connectivity index (χ1) is 7.61. The maximum absolute atomic E-state index is 11.8. The standard InChI is InChI=1S/C10H13N3O3/c11-9(14)5-6-10-12(15)7-3-1-2-4-8(7)13(10)16/h1-4,7-8,15H,5-6H2,(H2,11,14). The van der Waals surface area contributed by atoms with E-state index in [-0.39, 0.29) is 24.7 Å². The number of carbonyl (C=O) groups excluding carboxylic acids is 1. The molecule has 0 radical (unpaired) electrons. The summed E-state index contributed by atoms with van der Waals surface area (Å²) in [6.07, 6.45) is 7.21. The summed E-state index contributed by atoms with van der Waals surface area (Å²) in [6, 6.07) is -0.789. The van der Waals surface area contributed by atoms with Gasteiger partial charge in [0.05, 0.1) is 6.42 Å². The van der Waals surface area contributed by atoms with Crippen LogP contribution < -0.4 is 5.73 Å². The number of hydrogen-bond acceptors (Lipinski definition) is 4. The zero-order valence-corrected chi connectivity index (χ0v) is 8.61. The molecule has 2 rings (SSSR count). The molecule has 0 saturated carbocycles. The molecule has 6 nitrogen and oxygen atoms in total. The molecule has 1 heterocycles. The Morgan fingerprint density at radius 1 is 1.56 bits per heavy atom. The molecule has 2 atom stereocenters. The number of carbonyl (C=O) groups is 1. The highest BCUT2D eigenvalue weighted by atomic mass is 16.5. The summed E-state index contributed by atoms with van der Waals surface area (Å²) >= 11 is 0. The van der Waals surface area contributed by atoms with Crippen LogP contribution in [0.15, 0.2) is 24.3 Å². The second-order valence-electron chi connectivity index (χ2n) is 3.80. The molecule has 1 aliphatic heterocycles. The molecule has 2 aliphatic rings. The minimum Gasteiger partial charge on any atom is -0.715 e. The maximum Gasteiger partial charge on any atom is 0.282 e. The van der Waals surface area contributed by atoms with Crippen molar-refractivity contribution in [2.45, 2.75) is 24.9 Å². The molecule has 16 heavy (non-hydrogen) atoms. The Hall–Kier alpha value is -1.82. The fourth-order valence-corrected chi connectivity index (χ4v) is 1.93. The third-order valence-electron chi connectivity index (χ3n) is 2.74. The predicted molar refractivity (Wildman–Crippen MR) is 56.5 cm³/mol. The van der Waals surface area contributed by atoms with Gasteiger partial charge in [-0.25, -0.2) is 5.21 Å². The minimum absolute atomic E-state index is 0.0536. The molecule has 0 fully saturated rings. The van der Waals surface area contributed by atoms with Crippen molar-refractivity contribution >= 4 is 11.7 Å². The highest BCUT2D eigenvalue weighted by Crippen LogP contribution is 2.22. The lowest BCUT2D eigenvalue weighted by atomic mass is 10.1. The lowest BCUT2D eigenvalue weighted by molar-refractivity contribution is -0.480. The van der Waals surface area contributed by atoms with E-state index in [0.717, 1.165) is 9.80 Å². The van der Waals surface area contributed by atoms with E-state index in [1.807, 2.05) is 0 Å². The van der Waals surface area contributed by atoms with Gasteiger partial charge in [-0.1, -0.05) is 12.2 Å². The van der Waals surface area contributed by atoms with Gasteiger partial charge in [0.1, 0.15) is 0 Å². The Morgan fingerprint density at radius 3 is 2.88 bits per heavy atom. The fourth-order valence-electron chi connectivity index (χ4n) is 1.93. The molecule has 2 unspecified atom stereocenters. The van der Waals surface area contributed by atoms with Gasteiger partial charge in [-0.3, -0.25) is 9.53 Å². The molecule has 0 aromatic carbocycles. The van der Waals surface area contributed by atoms with Crippen molar-refractivity contribution < 1.29 is 14.7 Å². The first kappa shape index (κ1) is 10.7. The minimum atomic E-state index is -0.491. The lowest BCUT2D eigenvalue weighted by Gasteiger charge is -2.16. The van der Waals surface area contributed by atoms with Gasteiger partial charge in [0.2, 0.25) is 5.91 Å². The van der Waals surface area contributed by atoms with Gasteiger partial charge >= 0.3 is 0 Å². The Kier molecular flexibility index (Phi) is 2.66. The number of fused-ring (bicyclic) bond motifs is 1. The van der Waals surface area contributed by atoms with Crippen LogP contribution in [0.4, 0.5) is 0 Å². The van der Waals surface area contributed by atoms with Crippen LogP contribution in [0.3, 0.4) is 0 Å². The SMILES string of the molecule is NC(=O)CCC1=[N+]([O-])C2C=CC=CC2N1O. The molecule has 0 bridgehead atoms. The molecule has 3 N–H and O–H groups in total. The van der Waals surface area contributed by atoms with Gasteiger partial charge in [0.25, 0.3) is 5.84 Å². The summed E-state index contributed by atoms with van der Waals surface area (Å²) in [7, 11) is 0. The van der Waals surface area contributed by atoms with E-state index >= 15 is 0 Å². The van der Waals surface area contributed by atoms with Gasteiger partial charge in [0.15, 0.2) is 12.1 Å². The van der Waals surface area contributed by atoms with Crippen LogP contribution in [-0.4, -0.2) is 38.8 Å². The number of allylic oxidation sites excluding steroid dienone is 2. The van der Waals surface area contributed by atoms with Crippen molar-refractivity contribution in [3.8, 4) is 0 Å². The largest absolute Gasteiger partial charge is 0.715 e. The van der Waals surface area contributed by atoms with E-state index in [4.69, 9.17) is 5.73 Å². The Morgan fingerprint density at radius 2 is 2.25 bits per heavy atom. The van der Waals surface area contributed by atoms with Gasteiger partial charge in [-0.2, -0.15) is 0 Å². The van der Waals surface area contributed by atoms with Crippen molar-refractivity contribution in [3.05, 3.63) is 29.5 Å². The fraction of sp³-hybridized carbons (Fsp3) is 0.400. The van der Waals surface area contributed by atoms with E-state index in [0.29, 0.717) is 0 Å². The number of hydrogen-bond donors (Lipinski definition) is 2. The van der Waals surface area contributed by atoms with Crippen LogP contribution in [0.1, 0.15) is 12.8 Å². The summed E-state index contributed by atoms with van der Waals surface area (Å²) in [5.41, 5.74) is 5.01. The third-order valence-corrected chi connectivity index (χ3v) is 2.74. The lowest BCUT2D eigenvalue weighted by Crippen LogP contribution is -2.36. The van der Waals surface area contributed by atoms with Crippen LogP contribution in [0, 0.1) is 5.21 Å². The zero-order valence-electron chi connectivity index (χ0n) is 8.61. The summed E-state index contributed by atoms with van der Waals surface area (Å²) in [4.78, 5) is 10.6. The molecular weight excluding hydrogens is 210 g/mol. The average molecular weight is 223 g/mol. The topological polar surface area (TPSA) is 92.6 Å². The Balaban J connectivity index is 2.17. The molecule has 0 aromatic rings. The first-order valence-electron chi connectivity index (χ1n) is 5.05. The number of nitrogens with two attached hydrogens (primary N) is 1. The molecule has 1 aliphatic carbocycles. The number of hydroxylamine groups is 3. The van der Waals surface area contributed by atoms with E-state index < -0.39 is 11.9 Å². The smallest absolute Gasteiger partial charge is 0.282 e. The van der Waals surface area contributed by atoms with E-state index in [9.17, 15) is 15.2 Å². The molecule has 0 aromatic heterocycles. The number of amides is 1. The van der Waals surface area contributed by atoms with Crippen molar-refractivity contribution in [1.29, 1.82) is 0 Å². The van der Waals surface area contributed by atoms with E-state index in [1.54, 1.807) is 24.3 Å². The van der Waals surface area contributed by atoms with Crippen LogP contribution in [0.2, 0.25) is 0 Å². The monoisotopic (exact) mass is 223 g/mol. The summed E-state index contributed by atoms with van der Waals surface area (Å²) < 4.78 is 0.730. The number of amidine groups is 1. The van der Waals surface area contributed by atoms with Crippen LogP contribution >= 0.6 is 0 Å². The molecule has 86 valence electrons. The highest BCUT2D eigenvalue weighted by Gasteiger charge is 2.43. The van der Waals surface area contributed by atoms with Crippen LogP contribution in [0.25, 0.3) is 0 Å². The summed E-state index contributed by atoms with van der Waals surface area (Å²) in [5, 5.41) is 22.5. The molecule has 6 heteroatoms. The number of primary amides is 1.